The van der Waals surface area contributed by atoms with Crippen LogP contribution in [0.5, 0.6) is 0 Å². The molecule has 0 aliphatic heterocycles. The summed E-state index contributed by atoms with van der Waals surface area (Å²) in [7, 11) is 0. The van der Waals surface area contributed by atoms with E-state index in [9.17, 15) is 0 Å². The van der Waals surface area contributed by atoms with E-state index in [4.69, 9.17) is 5.73 Å². The number of nitrogen functional groups attached to an aromatic ring is 1. The summed E-state index contributed by atoms with van der Waals surface area (Å²) in [5, 5.41) is 4.17. The number of benzene rings is 2. The van der Waals surface area contributed by atoms with E-state index < -0.39 is 0 Å². The van der Waals surface area contributed by atoms with Crippen LogP contribution in [0.15, 0.2) is 71.8 Å². The van der Waals surface area contributed by atoms with Crippen molar-refractivity contribution in [1.82, 2.24) is 9.97 Å². The van der Waals surface area contributed by atoms with Crippen molar-refractivity contribution in [3.8, 4) is 0 Å². The third-order valence-electron chi connectivity index (χ3n) is 3.27. The van der Waals surface area contributed by atoms with Crippen molar-refractivity contribution >= 4 is 23.5 Å². The highest BCUT2D eigenvalue weighted by molar-refractivity contribution is 7.98. The molecule has 116 valence electrons. The number of nitrogens with one attached hydrogen (secondary N) is 1. The first kappa shape index (κ1) is 15.4. The van der Waals surface area contributed by atoms with Crippen LogP contribution in [0.4, 0.5) is 11.8 Å². The standard InChI is InChI=1S/C18H18N4S/c19-18-21-16(20-12-14-7-3-1-4-8-14)11-17(22-18)23-13-15-9-5-2-6-10-15/h1-11H,12-13H2,(H3,19,20,21,22). The van der Waals surface area contributed by atoms with Gasteiger partial charge in [-0.15, -0.1) is 11.8 Å². The molecule has 0 saturated carbocycles. The highest BCUT2D eigenvalue weighted by Crippen LogP contribution is 2.23. The molecule has 0 radical (unpaired) electrons. The normalized spacial score (nSPS) is 10.4. The van der Waals surface area contributed by atoms with Crippen LogP contribution in [0.1, 0.15) is 11.1 Å². The largest absolute Gasteiger partial charge is 0.368 e. The van der Waals surface area contributed by atoms with Gasteiger partial charge in [-0.2, -0.15) is 4.98 Å². The van der Waals surface area contributed by atoms with Crippen molar-refractivity contribution in [2.24, 2.45) is 0 Å². The van der Waals surface area contributed by atoms with Crippen LogP contribution in [-0.2, 0) is 12.3 Å². The Hall–Kier alpha value is -2.53. The fourth-order valence-corrected chi connectivity index (χ4v) is 2.99. The molecule has 0 amide bonds. The number of hydrogen-bond acceptors (Lipinski definition) is 5. The average molecular weight is 322 g/mol. The van der Waals surface area contributed by atoms with Crippen molar-refractivity contribution < 1.29 is 0 Å². The summed E-state index contributed by atoms with van der Waals surface area (Å²) in [6, 6.07) is 22.4. The van der Waals surface area contributed by atoms with Gasteiger partial charge in [0.15, 0.2) is 0 Å². The lowest BCUT2D eigenvalue weighted by Crippen LogP contribution is -2.05. The van der Waals surface area contributed by atoms with E-state index in [2.05, 4.69) is 39.6 Å². The summed E-state index contributed by atoms with van der Waals surface area (Å²) < 4.78 is 0. The first-order valence-electron chi connectivity index (χ1n) is 7.39. The minimum Gasteiger partial charge on any atom is -0.368 e. The van der Waals surface area contributed by atoms with Gasteiger partial charge in [0, 0.05) is 18.4 Å². The van der Waals surface area contributed by atoms with E-state index >= 15 is 0 Å². The van der Waals surface area contributed by atoms with Gasteiger partial charge in [0.1, 0.15) is 10.8 Å². The molecule has 1 aromatic heterocycles. The Bertz CT molecular complexity index is 686. The SMILES string of the molecule is Nc1nc(NCc2ccccc2)cc(SCc2ccccc2)n1. The van der Waals surface area contributed by atoms with Crippen LogP contribution in [0.2, 0.25) is 0 Å². The molecule has 5 heteroatoms. The van der Waals surface area contributed by atoms with E-state index in [-0.39, 0.29) is 0 Å². The maximum Gasteiger partial charge on any atom is 0.223 e. The smallest absolute Gasteiger partial charge is 0.223 e. The van der Waals surface area contributed by atoms with Crippen LogP contribution < -0.4 is 11.1 Å². The van der Waals surface area contributed by atoms with Crippen molar-refractivity contribution in [1.29, 1.82) is 0 Å². The monoisotopic (exact) mass is 322 g/mol. The van der Waals surface area contributed by atoms with Crippen LogP contribution in [-0.4, -0.2) is 9.97 Å². The highest BCUT2D eigenvalue weighted by Gasteiger charge is 2.04. The van der Waals surface area contributed by atoms with E-state index in [1.807, 2.05) is 42.5 Å². The zero-order chi connectivity index (χ0) is 15.9. The van der Waals surface area contributed by atoms with Crippen LogP contribution >= 0.6 is 11.8 Å². The molecule has 0 saturated heterocycles. The number of nitrogens with zero attached hydrogens (tertiary/aromatic N) is 2. The third kappa shape index (κ3) is 4.72. The first-order chi connectivity index (χ1) is 11.3. The molecule has 3 rings (SSSR count). The topological polar surface area (TPSA) is 63.8 Å². The van der Waals surface area contributed by atoms with Gasteiger partial charge < -0.3 is 11.1 Å². The van der Waals surface area contributed by atoms with Gasteiger partial charge >= 0.3 is 0 Å². The number of rotatable bonds is 6. The summed E-state index contributed by atoms with van der Waals surface area (Å²) in [6.07, 6.45) is 0. The van der Waals surface area contributed by atoms with Crippen molar-refractivity contribution in [3.63, 3.8) is 0 Å². The molecule has 1 heterocycles. The molecule has 0 bridgehead atoms. The lowest BCUT2D eigenvalue weighted by atomic mass is 10.2. The van der Waals surface area contributed by atoms with Crippen molar-refractivity contribution in [3.05, 3.63) is 77.9 Å². The van der Waals surface area contributed by atoms with Gasteiger partial charge in [0.25, 0.3) is 0 Å². The molecule has 3 aromatic rings. The average Bonchev–Trinajstić information content (AvgIpc) is 2.60. The van der Waals surface area contributed by atoms with Gasteiger partial charge in [-0.25, -0.2) is 4.98 Å². The summed E-state index contributed by atoms with van der Waals surface area (Å²) in [4.78, 5) is 8.54. The summed E-state index contributed by atoms with van der Waals surface area (Å²) in [5.41, 5.74) is 8.28. The number of anilines is 2. The summed E-state index contributed by atoms with van der Waals surface area (Å²) in [5.74, 6) is 1.89. The van der Waals surface area contributed by atoms with E-state index in [0.29, 0.717) is 12.5 Å². The third-order valence-corrected chi connectivity index (χ3v) is 4.25. The van der Waals surface area contributed by atoms with Crippen molar-refractivity contribution in [2.75, 3.05) is 11.1 Å². The number of hydrogen-bond donors (Lipinski definition) is 2. The molecule has 3 N–H and O–H groups in total. The second-order valence-electron chi connectivity index (χ2n) is 5.06. The number of aromatic nitrogens is 2. The Morgan fingerprint density at radius 2 is 1.52 bits per heavy atom. The van der Waals surface area contributed by atoms with Gasteiger partial charge in [0.2, 0.25) is 5.95 Å². The minimum absolute atomic E-state index is 0.290. The zero-order valence-corrected chi connectivity index (χ0v) is 13.5. The molecule has 0 unspecified atom stereocenters. The molecular weight excluding hydrogens is 304 g/mol. The Balaban J connectivity index is 1.64. The number of thioether (sulfide) groups is 1. The fraction of sp³-hybridized carbons (Fsp3) is 0.111. The highest BCUT2D eigenvalue weighted by atomic mass is 32.2. The van der Waals surface area contributed by atoms with Crippen LogP contribution in [0.3, 0.4) is 0 Å². The predicted molar refractivity (Wildman–Crippen MR) is 96.2 cm³/mol. The Morgan fingerprint density at radius 3 is 2.22 bits per heavy atom. The van der Waals surface area contributed by atoms with Crippen LogP contribution in [0, 0.1) is 0 Å². The summed E-state index contributed by atoms with van der Waals surface area (Å²) in [6.45, 7) is 0.708. The molecule has 0 fully saturated rings. The van der Waals surface area contributed by atoms with Gasteiger partial charge in [0.05, 0.1) is 0 Å². The fourth-order valence-electron chi connectivity index (χ4n) is 2.13. The molecule has 4 nitrogen and oxygen atoms in total. The first-order valence-corrected chi connectivity index (χ1v) is 8.37. The molecular formula is C18H18N4S. The minimum atomic E-state index is 0.290. The van der Waals surface area contributed by atoms with E-state index in [0.717, 1.165) is 16.6 Å². The second-order valence-corrected chi connectivity index (χ2v) is 6.06. The van der Waals surface area contributed by atoms with E-state index in [1.54, 1.807) is 11.8 Å². The Morgan fingerprint density at radius 1 is 0.870 bits per heavy atom. The van der Waals surface area contributed by atoms with Gasteiger partial charge in [-0.1, -0.05) is 60.7 Å². The molecule has 0 aliphatic carbocycles. The Kier molecular flexibility index (Phi) is 5.11. The van der Waals surface area contributed by atoms with Gasteiger partial charge in [-0.3, -0.25) is 0 Å². The maximum absolute atomic E-state index is 5.82. The summed E-state index contributed by atoms with van der Waals surface area (Å²) >= 11 is 1.65. The zero-order valence-electron chi connectivity index (χ0n) is 12.6. The molecule has 2 aromatic carbocycles. The maximum atomic E-state index is 5.82. The van der Waals surface area contributed by atoms with Crippen molar-refractivity contribution in [2.45, 2.75) is 17.3 Å². The lowest BCUT2D eigenvalue weighted by molar-refractivity contribution is 1.03. The molecule has 0 aliphatic rings. The quantitative estimate of drug-likeness (QED) is 0.531. The van der Waals surface area contributed by atoms with E-state index in [1.165, 1.54) is 11.1 Å². The predicted octanol–water partition coefficient (Wildman–Crippen LogP) is 3.96. The number of nitrogens with two attached hydrogens (primary N) is 1. The van der Waals surface area contributed by atoms with Crippen LogP contribution in [0.25, 0.3) is 0 Å². The molecule has 0 atom stereocenters. The second kappa shape index (κ2) is 7.65. The molecule has 0 spiro atoms. The molecule has 23 heavy (non-hydrogen) atoms. The Labute approximate surface area is 140 Å². The van der Waals surface area contributed by atoms with Gasteiger partial charge in [-0.05, 0) is 11.1 Å². The lowest BCUT2D eigenvalue weighted by Gasteiger charge is -2.08.